The van der Waals surface area contributed by atoms with E-state index < -0.39 is 21.8 Å². The number of sulfonamides is 1. The predicted molar refractivity (Wildman–Crippen MR) is 114 cm³/mol. The van der Waals surface area contributed by atoms with E-state index >= 15 is 0 Å². The number of hydrogen-bond acceptors (Lipinski definition) is 6. The number of amides is 1. The van der Waals surface area contributed by atoms with Crippen molar-refractivity contribution in [2.45, 2.75) is 31.2 Å². The molecular formula is C22H23FN4O4S. The fraction of sp³-hybridized carbons (Fsp3) is 0.318. The topological polar surface area (TPSA) is 105 Å². The van der Waals surface area contributed by atoms with Gasteiger partial charge in [-0.2, -0.15) is 9.29 Å². The number of halogens is 1. The Bertz CT molecular complexity index is 1210. The highest BCUT2D eigenvalue weighted by Gasteiger charge is 2.33. The van der Waals surface area contributed by atoms with Gasteiger partial charge in [-0.3, -0.25) is 4.79 Å². The maximum absolute atomic E-state index is 13.1. The number of hydrogen-bond donors (Lipinski definition) is 1. The minimum Gasteiger partial charge on any atom is -0.347 e. The molecule has 8 nitrogen and oxygen atoms in total. The molecule has 1 aliphatic rings. The first-order chi connectivity index (χ1) is 15.3. The Labute approximate surface area is 185 Å². The van der Waals surface area contributed by atoms with Crippen LogP contribution < -0.4 is 5.32 Å². The van der Waals surface area contributed by atoms with Crippen LogP contribution in [-0.4, -0.2) is 41.9 Å². The van der Waals surface area contributed by atoms with Crippen molar-refractivity contribution < 1.29 is 22.1 Å². The van der Waals surface area contributed by atoms with E-state index in [-0.39, 0.29) is 29.8 Å². The van der Waals surface area contributed by atoms with Crippen molar-refractivity contribution >= 4 is 15.9 Å². The molecule has 0 bridgehead atoms. The quantitative estimate of drug-likeness (QED) is 0.609. The second-order valence-corrected chi connectivity index (χ2v) is 9.69. The molecule has 0 radical (unpaired) electrons. The molecule has 1 atom stereocenters. The molecule has 2 aromatic carbocycles. The molecule has 10 heteroatoms. The van der Waals surface area contributed by atoms with Crippen LogP contribution in [0.3, 0.4) is 0 Å². The van der Waals surface area contributed by atoms with Gasteiger partial charge in [-0.15, -0.1) is 0 Å². The van der Waals surface area contributed by atoms with Gasteiger partial charge in [0.15, 0.2) is 0 Å². The van der Waals surface area contributed by atoms with E-state index in [4.69, 9.17) is 4.52 Å². The number of nitrogens with zero attached hydrogens (tertiary/aromatic N) is 3. The summed E-state index contributed by atoms with van der Waals surface area (Å²) in [5, 5.41) is 6.71. The zero-order valence-corrected chi connectivity index (χ0v) is 18.3. The summed E-state index contributed by atoms with van der Waals surface area (Å²) in [6.07, 6.45) is 1.12. The van der Waals surface area contributed by atoms with Gasteiger partial charge in [-0.25, -0.2) is 12.8 Å². The van der Waals surface area contributed by atoms with Gasteiger partial charge in [-0.05, 0) is 50.1 Å². The normalized spacial score (nSPS) is 17.2. The third-order valence-corrected chi connectivity index (χ3v) is 7.24. The maximum atomic E-state index is 13.1. The Morgan fingerprint density at radius 2 is 2.03 bits per heavy atom. The first-order valence-electron chi connectivity index (χ1n) is 10.3. The van der Waals surface area contributed by atoms with Gasteiger partial charge in [-0.1, -0.05) is 28.9 Å². The van der Waals surface area contributed by atoms with Crippen molar-refractivity contribution in [1.82, 2.24) is 19.8 Å². The highest BCUT2D eigenvalue weighted by molar-refractivity contribution is 7.89. The summed E-state index contributed by atoms with van der Waals surface area (Å²) in [6.45, 7) is 2.39. The Hall–Kier alpha value is -3.11. The largest absolute Gasteiger partial charge is 0.347 e. The van der Waals surface area contributed by atoms with Crippen molar-refractivity contribution in [3.05, 3.63) is 65.8 Å². The molecule has 1 aliphatic heterocycles. The van der Waals surface area contributed by atoms with Crippen molar-refractivity contribution in [3.8, 4) is 11.4 Å². The second kappa shape index (κ2) is 9.17. The number of aryl methyl sites for hydroxylation is 1. The summed E-state index contributed by atoms with van der Waals surface area (Å²) < 4.78 is 45.3. The van der Waals surface area contributed by atoms with Gasteiger partial charge in [0, 0.05) is 18.7 Å². The smallest absolute Gasteiger partial charge is 0.246 e. The molecule has 32 heavy (non-hydrogen) atoms. The summed E-state index contributed by atoms with van der Waals surface area (Å²) >= 11 is 0. The summed E-state index contributed by atoms with van der Waals surface area (Å²) in [5.74, 6) is -0.586. The Kier molecular flexibility index (Phi) is 6.33. The average molecular weight is 459 g/mol. The van der Waals surface area contributed by atoms with Gasteiger partial charge in [0.1, 0.15) is 5.82 Å². The molecule has 0 aliphatic carbocycles. The molecule has 2 heterocycles. The van der Waals surface area contributed by atoms with E-state index in [1.165, 1.54) is 16.4 Å². The summed E-state index contributed by atoms with van der Waals surface area (Å²) in [5.41, 5.74) is 1.89. The van der Waals surface area contributed by atoms with Gasteiger partial charge < -0.3 is 9.84 Å². The Morgan fingerprint density at radius 3 is 2.78 bits per heavy atom. The van der Waals surface area contributed by atoms with Crippen LogP contribution in [0.2, 0.25) is 0 Å². The molecule has 0 unspecified atom stereocenters. The first-order valence-corrected chi connectivity index (χ1v) is 11.7. The van der Waals surface area contributed by atoms with Gasteiger partial charge >= 0.3 is 0 Å². The van der Waals surface area contributed by atoms with Crippen LogP contribution >= 0.6 is 0 Å². The van der Waals surface area contributed by atoms with Gasteiger partial charge in [0.25, 0.3) is 0 Å². The summed E-state index contributed by atoms with van der Waals surface area (Å²) in [7, 11) is -3.80. The van der Waals surface area contributed by atoms with Crippen molar-refractivity contribution in [1.29, 1.82) is 0 Å². The SMILES string of the molecule is Cc1cccc(-c2noc(CNC(=O)[C@H]3CCCN(S(=O)(=O)c4ccc(F)cc4)C3)n2)c1. The molecule has 1 saturated heterocycles. The van der Waals surface area contributed by atoms with E-state index in [1.807, 2.05) is 31.2 Å². The van der Waals surface area contributed by atoms with E-state index in [9.17, 15) is 17.6 Å². The van der Waals surface area contributed by atoms with E-state index in [2.05, 4.69) is 15.5 Å². The highest BCUT2D eigenvalue weighted by atomic mass is 32.2. The molecule has 1 aromatic heterocycles. The lowest BCUT2D eigenvalue weighted by Crippen LogP contribution is -2.45. The molecule has 1 fully saturated rings. The van der Waals surface area contributed by atoms with Gasteiger partial charge in [0.05, 0.1) is 17.4 Å². The predicted octanol–water partition coefficient (Wildman–Crippen LogP) is 2.90. The number of rotatable bonds is 6. The average Bonchev–Trinajstić information content (AvgIpc) is 3.27. The Balaban J connectivity index is 1.37. The number of aromatic nitrogens is 2. The van der Waals surface area contributed by atoms with Crippen LogP contribution in [0.25, 0.3) is 11.4 Å². The standard InChI is InChI=1S/C22H23FN4O4S/c1-15-4-2-5-16(12-15)21-25-20(31-26-21)13-24-22(28)17-6-3-11-27(14-17)32(29,30)19-9-7-18(23)8-10-19/h2,4-5,7-10,12,17H,3,6,11,13-14H2,1H3,(H,24,28)/t17-/m0/s1. The minimum absolute atomic E-state index is 0.00879. The molecule has 0 saturated carbocycles. The number of piperidine rings is 1. The first kappa shape index (κ1) is 22.1. The second-order valence-electron chi connectivity index (χ2n) is 7.76. The van der Waals surface area contributed by atoms with Crippen LogP contribution in [0, 0.1) is 18.7 Å². The van der Waals surface area contributed by atoms with Crippen LogP contribution in [-0.2, 0) is 21.4 Å². The zero-order chi connectivity index (χ0) is 22.7. The van der Waals surface area contributed by atoms with Crippen LogP contribution in [0.1, 0.15) is 24.3 Å². The zero-order valence-electron chi connectivity index (χ0n) is 17.5. The van der Waals surface area contributed by atoms with Crippen LogP contribution in [0.5, 0.6) is 0 Å². The van der Waals surface area contributed by atoms with Gasteiger partial charge in [0.2, 0.25) is 27.6 Å². The number of nitrogens with one attached hydrogen (secondary N) is 1. The lowest BCUT2D eigenvalue weighted by atomic mass is 9.99. The highest BCUT2D eigenvalue weighted by Crippen LogP contribution is 2.24. The number of carbonyl (C=O) groups is 1. The lowest BCUT2D eigenvalue weighted by Gasteiger charge is -2.31. The van der Waals surface area contributed by atoms with E-state index in [0.717, 1.165) is 23.3 Å². The molecule has 1 N–H and O–H groups in total. The maximum Gasteiger partial charge on any atom is 0.246 e. The molecule has 3 aromatic rings. The molecular weight excluding hydrogens is 435 g/mol. The van der Waals surface area contributed by atoms with Crippen molar-refractivity contribution in [2.75, 3.05) is 13.1 Å². The molecule has 168 valence electrons. The fourth-order valence-electron chi connectivity index (χ4n) is 3.67. The minimum atomic E-state index is -3.80. The lowest BCUT2D eigenvalue weighted by molar-refractivity contribution is -0.126. The molecule has 1 amide bonds. The fourth-order valence-corrected chi connectivity index (χ4v) is 5.19. The van der Waals surface area contributed by atoms with Crippen molar-refractivity contribution in [2.24, 2.45) is 5.92 Å². The Morgan fingerprint density at radius 1 is 1.25 bits per heavy atom. The summed E-state index contributed by atoms with van der Waals surface area (Å²) in [4.78, 5) is 17.0. The molecule has 4 rings (SSSR count). The third kappa shape index (κ3) is 4.86. The van der Waals surface area contributed by atoms with Crippen LogP contribution in [0.4, 0.5) is 4.39 Å². The third-order valence-electron chi connectivity index (χ3n) is 5.36. The van der Waals surface area contributed by atoms with E-state index in [1.54, 1.807) is 0 Å². The summed E-state index contributed by atoms with van der Waals surface area (Å²) in [6, 6.07) is 12.4. The molecule has 0 spiro atoms. The van der Waals surface area contributed by atoms with Crippen LogP contribution in [0.15, 0.2) is 57.9 Å². The monoisotopic (exact) mass is 458 g/mol. The van der Waals surface area contributed by atoms with E-state index in [0.29, 0.717) is 25.2 Å². The number of benzene rings is 2. The number of carbonyl (C=O) groups excluding carboxylic acids is 1. The van der Waals surface area contributed by atoms with Crippen molar-refractivity contribution in [3.63, 3.8) is 0 Å².